The number of halogens is 2. The van der Waals surface area contributed by atoms with Crippen molar-refractivity contribution in [1.29, 1.82) is 0 Å². The Labute approximate surface area is 113 Å². The summed E-state index contributed by atoms with van der Waals surface area (Å²) in [4.78, 5) is 1.23. The summed E-state index contributed by atoms with van der Waals surface area (Å²) < 4.78 is 1.09. The minimum Gasteiger partial charge on any atom is -0.379 e. The third-order valence-electron chi connectivity index (χ3n) is 2.20. The standard InChI is InChI=1S/C12H11BrClNS/c1-8-2-3-12(11(13)4-8)15-6-10-5-9(14)7-16-10/h2-5,7,15H,6H2,1H3. The van der Waals surface area contributed by atoms with E-state index in [4.69, 9.17) is 11.6 Å². The van der Waals surface area contributed by atoms with E-state index in [1.165, 1.54) is 10.4 Å². The van der Waals surface area contributed by atoms with Crippen molar-refractivity contribution in [3.05, 3.63) is 49.6 Å². The summed E-state index contributed by atoms with van der Waals surface area (Å²) in [5.41, 5.74) is 2.35. The van der Waals surface area contributed by atoms with E-state index in [9.17, 15) is 0 Å². The van der Waals surface area contributed by atoms with E-state index in [1.807, 2.05) is 11.4 Å². The van der Waals surface area contributed by atoms with Crippen LogP contribution in [0, 0.1) is 6.92 Å². The number of hydrogen-bond acceptors (Lipinski definition) is 2. The van der Waals surface area contributed by atoms with Crippen molar-refractivity contribution in [1.82, 2.24) is 0 Å². The van der Waals surface area contributed by atoms with E-state index in [-0.39, 0.29) is 0 Å². The number of aryl methyl sites for hydroxylation is 1. The van der Waals surface area contributed by atoms with Crippen LogP contribution in [0.3, 0.4) is 0 Å². The minimum atomic E-state index is 0.805. The average Bonchev–Trinajstić information content (AvgIpc) is 2.63. The van der Waals surface area contributed by atoms with Crippen LogP contribution in [-0.2, 0) is 6.54 Å². The van der Waals surface area contributed by atoms with Gasteiger partial charge in [-0.05, 0) is 46.6 Å². The third kappa shape index (κ3) is 3.00. The van der Waals surface area contributed by atoms with E-state index in [1.54, 1.807) is 11.3 Å². The Morgan fingerprint density at radius 3 is 2.81 bits per heavy atom. The quantitative estimate of drug-likeness (QED) is 0.832. The molecule has 1 heterocycles. The highest BCUT2D eigenvalue weighted by molar-refractivity contribution is 9.10. The molecule has 0 saturated carbocycles. The summed E-state index contributed by atoms with van der Waals surface area (Å²) in [6.45, 7) is 2.88. The second kappa shape index (κ2) is 5.21. The first kappa shape index (κ1) is 12.0. The van der Waals surface area contributed by atoms with E-state index in [0.717, 1.165) is 21.7 Å². The molecule has 2 aromatic rings. The van der Waals surface area contributed by atoms with Crippen molar-refractivity contribution in [2.75, 3.05) is 5.32 Å². The summed E-state index contributed by atoms with van der Waals surface area (Å²) >= 11 is 11.1. The average molecular weight is 317 g/mol. The minimum absolute atomic E-state index is 0.805. The molecule has 0 aliphatic heterocycles. The molecule has 4 heteroatoms. The van der Waals surface area contributed by atoms with Gasteiger partial charge in [-0.3, -0.25) is 0 Å². The lowest BCUT2D eigenvalue weighted by atomic mass is 10.2. The molecule has 84 valence electrons. The first-order valence-electron chi connectivity index (χ1n) is 4.88. The van der Waals surface area contributed by atoms with Gasteiger partial charge in [-0.15, -0.1) is 11.3 Å². The predicted octanol–water partition coefficient (Wildman–Crippen LogP) is 5.08. The summed E-state index contributed by atoms with van der Waals surface area (Å²) in [5, 5.41) is 6.13. The zero-order chi connectivity index (χ0) is 11.5. The van der Waals surface area contributed by atoms with Gasteiger partial charge >= 0.3 is 0 Å². The smallest absolute Gasteiger partial charge is 0.0516 e. The maximum atomic E-state index is 5.87. The van der Waals surface area contributed by atoms with Crippen molar-refractivity contribution in [2.45, 2.75) is 13.5 Å². The molecule has 1 N–H and O–H groups in total. The number of anilines is 1. The lowest BCUT2D eigenvalue weighted by Crippen LogP contribution is -1.98. The largest absolute Gasteiger partial charge is 0.379 e. The van der Waals surface area contributed by atoms with Gasteiger partial charge in [0, 0.05) is 27.0 Å². The normalized spacial score (nSPS) is 10.4. The highest BCUT2D eigenvalue weighted by atomic mass is 79.9. The lowest BCUT2D eigenvalue weighted by molar-refractivity contribution is 1.19. The van der Waals surface area contributed by atoms with Gasteiger partial charge < -0.3 is 5.32 Å². The Hall–Kier alpha value is -0.510. The first-order valence-corrected chi connectivity index (χ1v) is 6.93. The van der Waals surface area contributed by atoms with Crippen LogP contribution >= 0.6 is 38.9 Å². The Bertz CT molecular complexity index is 496. The fourth-order valence-corrected chi connectivity index (χ4v) is 3.04. The summed E-state index contributed by atoms with van der Waals surface area (Å²) in [6, 6.07) is 8.26. The van der Waals surface area contributed by atoms with Gasteiger partial charge in [0.25, 0.3) is 0 Å². The van der Waals surface area contributed by atoms with E-state index in [2.05, 4.69) is 46.4 Å². The molecule has 0 saturated heterocycles. The number of rotatable bonds is 3. The van der Waals surface area contributed by atoms with Gasteiger partial charge in [-0.25, -0.2) is 0 Å². The molecule has 0 spiro atoms. The molecular formula is C12H11BrClNS. The Morgan fingerprint density at radius 1 is 1.38 bits per heavy atom. The second-order valence-corrected chi connectivity index (χ2v) is 5.85. The molecular weight excluding hydrogens is 306 g/mol. The zero-order valence-corrected chi connectivity index (χ0v) is 11.9. The van der Waals surface area contributed by atoms with Crippen molar-refractivity contribution < 1.29 is 0 Å². The molecule has 0 radical (unpaired) electrons. The molecule has 0 atom stereocenters. The molecule has 1 aromatic carbocycles. The number of hydrogen-bond donors (Lipinski definition) is 1. The van der Waals surface area contributed by atoms with Crippen LogP contribution in [0.4, 0.5) is 5.69 Å². The van der Waals surface area contributed by atoms with Gasteiger partial charge in [0.1, 0.15) is 0 Å². The molecule has 0 amide bonds. The van der Waals surface area contributed by atoms with Crippen molar-refractivity contribution in [3.63, 3.8) is 0 Å². The van der Waals surface area contributed by atoms with Gasteiger partial charge in [0.15, 0.2) is 0 Å². The molecule has 1 aromatic heterocycles. The van der Waals surface area contributed by atoms with Crippen LogP contribution in [0.2, 0.25) is 5.02 Å². The molecule has 0 bridgehead atoms. The predicted molar refractivity (Wildman–Crippen MR) is 75.5 cm³/mol. The maximum Gasteiger partial charge on any atom is 0.0516 e. The fraction of sp³-hybridized carbons (Fsp3) is 0.167. The van der Waals surface area contributed by atoms with Crippen molar-refractivity contribution in [3.8, 4) is 0 Å². The van der Waals surface area contributed by atoms with Crippen LogP contribution in [0.5, 0.6) is 0 Å². The van der Waals surface area contributed by atoms with E-state index in [0.29, 0.717) is 0 Å². The van der Waals surface area contributed by atoms with E-state index >= 15 is 0 Å². The number of benzene rings is 1. The van der Waals surface area contributed by atoms with Gasteiger partial charge in [0.05, 0.1) is 5.02 Å². The monoisotopic (exact) mass is 315 g/mol. The third-order valence-corrected chi connectivity index (χ3v) is 4.14. The summed E-state index contributed by atoms with van der Waals surface area (Å²) in [7, 11) is 0. The van der Waals surface area contributed by atoms with Crippen LogP contribution in [0.1, 0.15) is 10.4 Å². The Kier molecular flexibility index (Phi) is 3.90. The maximum absolute atomic E-state index is 5.87. The first-order chi connectivity index (χ1) is 7.65. The van der Waals surface area contributed by atoms with Gasteiger partial charge in [-0.2, -0.15) is 0 Å². The Balaban J connectivity index is 2.04. The van der Waals surface area contributed by atoms with Crippen LogP contribution in [0.25, 0.3) is 0 Å². The van der Waals surface area contributed by atoms with Crippen LogP contribution in [0.15, 0.2) is 34.1 Å². The summed E-state index contributed by atoms with van der Waals surface area (Å²) in [6.07, 6.45) is 0. The second-order valence-electron chi connectivity index (χ2n) is 3.57. The fourth-order valence-electron chi connectivity index (χ4n) is 1.39. The number of thiophene rings is 1. The molecule has 1 nitrogen and oxygen atoms in total. The van der Waals surface area contributed by atoms with Crippen molar-refractivity contribution >= 4 is 44.6 Å². The molecule has 0 unspecified atom stereocenters. The van der Waals surface area contributed by atoms with Crippen molar-refractivity contribution in [2.24, 2.45) is 0 Å². The molecule has 0 fully saturated rings. The zero-order valence-electron chi connectivity index (χ0n) is 8.76. The van der Waals surface area contributed by atoms with Gasteiger partial charge in [-0.1, -0.05) is 17.7 Å². The lowest BCUT2D eigenvalue weighted by Gasteiger charge is -2.07. The van der Waals surface area contributed by atoms with Crippen LogP contribution < -0.4 is 5.32 Å². The summed E-state index contributed by atoms with van der Waals surface area (Å²) in [5.74, 6) is 0. The molecule has 0 aliphatic carbocycles. The molecule has 2 rings (SSSR count). The van der Waals surface area contributed by atoms with Gasteiger partial charge in [0.2, 0.25) is 0 Å². The Morgan fingerprint density at radius 2 is 2.19 bits per heavy atom. The van der Waals surface area contributed by atoms with E-state index < -0.39 is 0 Å². The highest BCUT2D eigenvalue weighted by Gasteiger charge is 2.01. The molecule has 16 heavy (non-hydrogen) atoms. The topological polar surface area (TPSA) is 12.0 Å². The molecule has 0 aliphatic rings. The SMILES string of the molecule is Cc1ccc(NCc2cc(Cl)cs2)c(Br)c1. The highest BCUT2D eigenvalue weighted by Crippen LogP contribution is 2.25. The number of nitrogens with one attached hydrogen (secondary N) is 1. The van der Waals surface area contributed by atoms with Crippen LogP contribution in [-0.4, -0.2) is 0 Å².